The second-order valence-corrected chi connectivity index (χ2v) is 7.32. The van der Waals surface area contributed by atoms with Gasteiger partial charge in [0.1, 0.15) is 0 Å². The van der Waals surface area contributed by atoms with E-state index in [-0.39, 0.29) is 5.41 Å². The number of hydrogen-bond donors (Lipinski definition) is 0. The van der Waals surface area contributed by atoms with Crippen LogP contribution in [0.5, 0.6) is 0 Å². The van der Waals surface area contributed by atoms with Gasteiger partial charge in [0.15, 0.2) is 0 Å². The fraction of sp³-hybridized carbons (Fsp3) is 0.714. The highest BCUT2D eigenvalue weighted by molar-refractivity contribution is 5.31. The van der Waals surface area contributed by atoms with Crippen molar-refractivity contribution in [1.29, 1.82) is 0 Å². The summed E-state index contributed by atoms with van der Waals surface area (Å²) >= 11 is 0. The van der Waals surface area contributed by atoms with Crippen LogP contribution in [-0.4, -0.2) is 38.3 Å². The number of methoxy groups -OCH3 is 1. The molecule has 130 valence electrons. The van der Waals surface area contributed by atoms with Crippen molar-refractivity contribution in [3.05, 3.63) is 23.8 Å². The number of hydrogen-bond acceptors (Lipinski definition) is 2. The lowest BCUT2D eigenvalue weighted by molar-refractivity contribution is 0.147. The second kappa shape index (κ2) is 10.7. The highest BCUT2D eigenvalue weighted by atomic mass is 16.5. The maximum absolute atomic E-state index is 5.48. The first-order valence-corrected chi connectivity index (χ1v) is 9.04. The SMILES string of the molecule is C#C/C=C(\C=C/C)C(C)(C)CCN1CCC(CCCOC)CC1. The number of likely N-dealkylation sites (tertiary alicyclic amines) is 1. The molecule has 1 saturated heterocycles. The van der Waals surface area contributed by atoms with E-state index in [9.17, 15) is 0 Å². The number of nitrogens with zero attached hydrogens (tertiary/aromatic N) is 1. The summed E-state index contributed by atoms with van der Waals surface area (Å²) in [5.41, 5.74) is 1.39. The first kappa shape index (κ1) is 20.0. The van der Waals surface area contributed by atoms with Crippen LogP contribution in [0.4, 0.5) is 0 Å². The van der Waals surface area contributed by atoms with E-state index >= 15 is 0 Å². The number of terminal acetylenes is 1. The van der Waals surface area contributed by atoms with Crippen LogP contribution < -0.4 is 0 Å². The molecule has 0 aromatic rings. The molecule has 0 spiro atoms. The van der Waals surface area contributed by atoms with Crippen molar-refractivity contribution in [3.8, 4) is 12.3 Å². The molecular weight excluding hydrogens is 282 g/mol. The Bertz CT molecular complexity index is 420. The van der Waals surface area contributed by atoms with Crippen molar-refractivity contribution in [2.75, 3.05) is 33.4 Å². The van der Waals surface area contributed by atoms with Crippen molar-refractivity contribution < 1.29 is 4.74 Å². The van der Waals surface area contributed by atoms with E-state index in [0.29, 0.717) is 0 Å². The van der Waals surface area contributed by atoms with Crippen LogP contribution in [-0.2, 0) is 4.74 Å². The van der Waals surface area contributed by atoms with Gasteiger partial charge in [-0.15, -0.1) is 6.42 Å². The topological polar surface area (TPSA) is 12.5 Å². The molecule has 0 atom stereocenters. The van der Waals surface area contributed by atoms with Gasteiger partial charge in [0.25, 0.3) is 0 Å². The van der Waals surface area contributed by atoms with Crippen molar-refractivity contribution in [1.82, 2.24) is 4.90 Å². The summed E-state index contributed by atoms with van der Waals surface area (Å²) in [5.74, 6) is 3.59. The zero-order valence-electron chi connectivity index (χ0n) is 15.6. The zero-order valence-corrected chi connectivity index (χ0v) is 15.6. The number of piperidine rings is 1. The molecule has 1 aliphatic rings. The largest absolute Gasteiger partial charge is 0.385 e. The summed E-state index contributed by atoms with van der Waals surface area (Å²) in [6.07, 6.45) is 18.0. The summed E-state index contributed by atoms with van der Waals surface area (Å²) in [6, 6.07) is 0. The van der Waals surface area contributed by atoms with Crippen LogP contribution in [0.3, 0.4) is 0 Å². The molecule has 0 aromatic heterocycles. The number of allylic oxidation sites excluding steroid dienone is 4. The van der Waals surface area contributed by atoms with Gasteiger partial charge in [0.2, 0.25) is 0 Å². The fourth-order valence-corrected chi connectivity index (χ4v) is 3.34. The normalized spacial score (nSPS) is 18.5. The molecule has 0 unspecified atom stereocenters. The summed E-state index contributed by atoms with van der Waals surface area (Å²) in [5, 5.41) is 0. The molecule has 1 rings (SSSR count). The van der Waals surface area contributed by atoms with Crippen LogP contribution in [0.25, 0.3) is 0 Å². The molecular formula is C21H35NO. The molecule has 0 bridgehead atoms. The maximum Gasteiger partial charge on any atom is 0.0462 e. The van der Waals surface area contributed by atoms with Gasteiger partial charge >= 0.3 is 0 Å². The Labute approximate surface area is 144 Å². The van der Waals surface area contributed by atoms with Gasteiger partial charge in [-0.1, -0.05) is 31.9 Å². The first-order valence-electron chi connectivity index (χ1n) is 9.04. The van der Waals surface area contributed by atoms with E-state index in [1.54, 1.807) is 7.11 Å². The summed E-state index contributed by atoms with van der Waals surface area (Å²) in [6.45, 7) is 11.2. The minimum Gasteiger partial charge on any atom is -0.385 e. The Morgan fingerprint density at radius 2 is 2.04 bits per heavy atom. The fourth-order valence-electron chi connectivity index (χ4n) is 3.34. The Balaban J connectivity index is 2.38. The van der Waals surface area contributed by atoms with Crippen molar-refractivity contribution in [3.63, 3.8) is 0 Å². The van der Waals surface area contributed by atoms with Crippen LogP contribution in [0.15, 0.2) is 23.8 Å². The second-order valence-electron chi connectivity index (χ2n) is 7.32. The van der Waals surface area contributed by atoms with Crippen LogP contribution in [0.2, 0.25) is 0 Å². The van der Waals surface area contributed by atoms with Gasteiger partial charge in [0.05, 0.1) is 0 Å². The predicted octanol–water partition coefficient (Wildman–Crippen LogP) is 4.68. The molecule has 2 heteroatoms. The molecule has 1 aliphatic heterocycles. The minimum absolute atomic E-state index is 0.133. The molecule has 0 aliphatic carbocycles. The molecule has 0 N–H and O–H groups in total. The van der Waals surface area contributed by atoms with Crippen molar-refractivity contribution >= 4 is 0 Å². The minimum atomic E-state index is 0.133. The third-order valence-electron chi connectivity index (χ3n) is 5.09. The monoisotopic (exact) mass is 317 g/mol. The molecule has 0 saturated carbocycles. The Morgan fingerprint density at radius 1 is 1.35 bits per heavy atom. The van der Waals surface area contributed by atoms with Crippen LogP contribution >= 0.6 is 0 Å². The lowest BCUT2D eigenvalue weighted by Crippen LogP contribution is -2.36. The standard InChI is InChI=1S/C21H35NO/c1-6-9-20(10-7-2)21(3,4)14-17-22-15-12-19(13-16-22)11-8-18-23-5/h1,7,9-10,19H,8,11-18H2,2-5H3/b10-7-,20-9+. The average molecular weight is 318 g/mol. The van der Waals surface area contributed by atoms with Gasteiger partial charge in [-0.25, -0.2) is 0 Å². The molecule has 1 heterocycles. The van der Waals surface area contributed by atoms with Crippen molar-refractivity contribution in [2.45, 2.75) is 52.9 Å². The van der Waals surface area contributed by atoms with Crippen LogP contribution in [0, 0.1) is 23.7 Å². The maximum atomic E-state index is 5.48. The lowest BCUT2D eigenvalue weighted by atomic mass is 9.80. The third-order valence-corrected chi connectivity index (χ3v) is 5.09. The number of ether oxygens (including phenoxy) is 1. The molecule has 1 fully saturated rings. The van der Waals surface area contributed by atoms with Crippen molar-refractivity contribution in [2.24, 2.45) is 11.3 Å². The van der Waals surface area contributed by atoms with E-state index in [2.05, 4.69) is 43.7 Å². The highest BCUT2D eigenvalue weighted by Gasteiger charge is 2.24. The summed E-state index contributed by atoms with van der Waals surface area (Å²) in [7, 11) is 1.79. The molecule has 0 aromatic carbocycles. The van der Waals surface area contributed by atoms with Gasteiger partial charge < -0.3 is 9.64 Å². The lowest BCUT2D eigenvalue weighted by Gasteiger charge is -2.35. The molecule has 0 radical (unpaired) electrons. The Morgan fingerprint density at radius 3 is 2.61 bits per heavy atom. The summed E-state index contributed by atoms with van der Waals surface area (Å²) < 4.78 is 5.16. The summed E-state index contributed by atoms with van der Waals surface area (Å²) in [4.78, 5) is 2.62. The first-order chi connectivity index (χ1) is 11.0. The molecule has 0 amide bonds. The molecule has 23 heavy (non-hydrogen) atoms. The smallest absolute Gasteiger partial charge is 0.0462 e. The van der Waals surface area contributed by atoms with E-state index in [1.165, 1.54) is 44.3 Å². The Hall–Kier alpha value is -1.04. The Kier molecular flexibility index (Phi) is 9.29. The predicted molar refractivity (Wildman–Crippen MR) is 100 cm³/mol. The van der Waals surface area contributed by atoms with Gasteiger partial charge in [0, 0.05) is 13.7 Å². The number of rotatable bonds is 9. The van der Waals surface area contributed by atoms with Gasteiger partial charge in [-0.3, -0.25) is 0 Å². The van der Waals surface area contributed by atoms with E-state index < -0.39 is 0 Å². The van der Waals surface area contributed by atoms with Crippen LogP contribution in [0.1, 0.15) is 52.9 Å². The third kappa shape index (κ3) is 7.38. The highest BCUT2D eigenvalue weighted by Crippen LogP contribution is 2.32. The van der Waals surface area contributed by atoms with Gasteiger partial charge in [-0.2, -0.15) is 0 Å². The van der Waals surface area contributed by atoms with Gasteiger partial charge in [-0.05, 0) is 81.6 Å². The zero-order chi connectivity index (χ0) is 17.1. The average Bonchev–Trinajstić information content (AvgIpc) is 2.54. The van der Waals surface area contributed by atoms with E-state index in [0.717, 1.165) is 25.5 Å². The van der Waals surface area contributed by atoms with E-state index in [4.69, 9.17) is 11.2 Å². The quantitative estimate of drug-likeness (QED) is 0.348. The molecule has 2 nitrogen and oxygen atoms in total. The van der Waals surface area contributed by atoms with E-state index in [1.807, 2.05) is 6.08 Å².